The molecule has 3 nitrogen and oxygen atoms in total. The number of phenols is 1. The molecule has 1 amide bonds. The molecule has 0 aliphatic rings. The highest BCUT2D eigenvalue weighted by atomic mass is 19.4. The van der Waals surface area contributed by atoms with Crippen LogP contribution in [0.4, 0.5) is 13.2 Å². The predicted octanol–water partition coefficient (Wildman–Crippen LogP) is 2.38. The summed E-state index contributed by atoms with van der Waals surface area (Å²) in [6.45, 7) is 1.22. The number of rotatable bonds is 3. The van der Waals surface area contributed by atoms with Gasteiger partial charge in [0, 0.05) is 6.54 Å². The molecule has 6 heteroatoms. The van der Waals surface area contributed by atoms with Gasteiger partial charge in [0.2, 0.25) is 0 Å². The van der Waals surface area contributed by atoms with E-state index in [0.29, 0.717) is 0 Å². The lowest BCUT2D eigenvalue weighted by molar-refractivity contribution is -0.132. The van der Waals surface area contributed by atoms with Crippen LogP contribution in [0.5, 0.6) is 5.75 Å². The zero-order valence-electron chi connectivity index (χ0n) is 9.14. The maximum Gasteiger partial charge on any atom is 0.390 e. The number of benzene rings is 1. The minimum Gasteiger partial charge on any atom is -0.507 e. The van der Waals surface area contributed by atoms with Crippen LogP contribution >= 0.6 is 0 Å². The van der Waals surface area contributed by atoms with E-state index in [1.807, 2.05) is 0 Å². The summed E-state index contributed by atoms with van der Waals surface area (Å²) in [6, 6.07) is 4.34. The summed E-state index contributed by atoms with van der Waals surface area (Å²) in [5.41, 5.74) is 0.729. The summed E-state index contributed by atoms with van der Waals surface area (Å²) in [5.74, 6) is -0.957. The van der Waals surface area contributed by atoms with Crippen molar-refractivity contribution in [3.05, 3.63) is 29.3 Å². The molecule has 0 saturated carbocycles. The van der Waals surface area contributed by atoms with Gasteiger partial charge in [-0.1, -0.05) is 6.07 Å². The predicted molar refractivity (Wildman–Crippen MR) is 55.8 cm³/mol. The third-order valence-corrected chi connectivity index (χ3v) is 2.09. The van der Waals surface area contributed by atoms with Gasteiger partial charge in [0.1, 0.15) is 5.75 Å². The van der Waals surface area contributed by atoms with E-state index in [9.17, 15) is 23.1 Å². The highest BCUT2D eigenvalue weighted by Crippen LogP contribution is 2.20. The molecule has 0 aliphatic carbocycles. The lowest BCUT2D eigenvalue weighted by atomic mass is 10.1. The second-order valence-corrected chi connectivity index (χ2v) is 3.64. The van der Waals surface area contributed by atoms with Crippen LogP contribution in [0.1, 0.15) is 22.3 Å². The number of amides is 1. The maximum atomic E-state index is 11.8. The van der Waals surface area contributed by atoms with E-state index in [2.05, 4.69) is 5.32 Å². The van der Waals surface area contributed by atoms with E-state index < -0.39 is 25.0 Å². The molecular formula is C11H12F3NO2. The van der Waals surface area contributed by atoms with Crippen LogP contribution in [0.3, 0.4) is 0 Å². The molecule has 17 heavy (non-hydrogen) atoms. The van der Waals surface area contributed by atoms with Gasteiger partial charge >= 0.3 is 6.18 Å². The van der Waals surface area contributed by atoms with E-state index in [4.69, 9.17) is 0 Å². The van der Waals surface area contributed by atoms with Crippen LogP contribution in [0.25, 0.3) is 0 Å². The van der Waals surface area contributed by atoms with Crippen LogP contribution in [0.15, 0.2) is 18.2 Å². The number of hydrogen-bond acceptors (Lipinski definition) is 2. The highest BCUT2D eigenvalue weighted by molar-refractivity contribution is 5.96. The number of aryl methyl sites for hydroxylation is 1. The van der Waals surface area contributed by atoms with Gasteiger partial charge in [-0.05, 0) is 24.6 Å². The molecular weight excluding hydrogens is 235 g/mol. The Kier molecular flexibility index (Phi) is 3.98. The first-order chi connectivity index (χ1) is 7.79. The Hall–Kier alpha value is -1.72. The first kappa shape index (κ1) is 13.3. The van der Waals surface area contributed by atoms with E-state index in [-0.39, 0.29) is 11.3 Å². The molecule has 0 aliphatic heterocycles. The summed E-state index contributed by atoms with van der Waals surface area (Å²) >= 11 is 0. The summed E-state index contributed by atoms with van der Waals surface area (Å²) in [4.78, 5) is 11.4. The van der Waals surface area contributed by atoms with Crippen LogP contribution in [0.2, 0.25) is 0 Å². The third kappa shape index (κ3) is 4.34. The summed E-state index contributed by atoms with van der Waals surface area (Å²) < 4.78 is 35.5. The monoisotopic (exact) mass is 247 g/mol. The van der Waals surface area contributed by atoms with E-state index in [1.54, 1.807) is 13.0 Å². The van der Waals surface area contributed by atoms with Crippen molar-refractivity contribution in [3.63, 3.8) is 0 Å². The number of nitrogens with one attached hydrogen (secondary N) is 1. The first-order valence-electron chi connectivity index (χ1n) is 4.94. The van der Waals surface area contributed by atoms with Crippen molar-refractivity contribution in [2.45, 2.75) is 19.5 Å². The Morgan fingerprint density at radius 1 is 1.41 bits per heavy atom. The van der Waals surface area contributed by atoms with Gasteiger partial charge in [0.05, 0.1) is 12.0 Å². The standard InChI is InChI=1S/C11H12F3NO2/c1-7-2-3-8(9(16)6-7)10(17)15-5-4-11(12,13)14/h2-3,6,16H,4-5H2,1H3,(H,15,17). The van der Waals surface area contributed by atoms with Crippen LogP contribution < -0.4 is 5.32 Å². The smallest absolute Gasteiger partial charge is 0.390 e. The van der Waals surface area contributed by atoms with Crippen molar-refractivity contribution >= 4 is 5.91 Å². The van der Waals surface area contributed by atoms with Gasteiger partial charge in [0.25, 0.3) is 5.91 Å². The summed E-state index contributed by atoms with van der Waals surface area (Å²) in [7, 11) is 0. The molecule has 0 bridgehead atoms. The van der Waals surface area contributed by atoms with Gasteiger partial charge < -0.3 is 10.4 Å². The Morgan fingerprint density at radius 2 is 2.06 bits per heavy atom. The van der Waals surface area contributed by atoms with Crippen molar-refractivity contribution < 1.29 is 23.1 Å². The van der Waals surface area contributed by atoms with Crippen molar-refractivity contribution in [3.8, 4) is 5.75 Å². The molecule has 0 radical (unpaired) electrons. The minimum absolute atomic E-state index is 0.0298. The summed E-state index contributed by atoms with van der Waals surface area (Å²) in [6.07, 6.45) is -5.39. The molecule has 1 rings (SSSR count). The number of hydrogen-bond donors (Lipinski definition) is 2. The van der Waals surface area contributed by atoms with Crippen LogP contribution in [-0.4, -0.2) is 23.7 Å². The fraction of sp³-hybridized carbons (Fsp3) is 0.364. The molecule has 1 aromatic carbocycles. The molecule has 0 unspecified atom stereocenters. The van der Waals surface area contributed by atoms with Gasteiger partial charge in [-0.3, -0.25) is 4.79 Å². The van der Waals surface area contributed by atoms with Crippen molar-refractivity contribution in [1.29, 1.82) is 0 Å². The van der Waals surface area contributed by atoms with Crippen molar-refractivity contribution in [1.82, 2.24) is 5.32 Å². The number of aromatic hydroxyl groups is 1. The average Bonchev–Trinajstić information content (AvgIpc) is 2.15. The number of carbonyl (C=O) groups excluding carboxylic acids is 1. The van der Waals surface area contributed by atoms with E-state index >= 15 is 0 Å². The first-order valence-corrected chi connectivity index (χ1v) is 4.94. The highest BCUT2D eigenvalue weighted by Gasteiger charge is 2.26. The van der Waals surface area contributed by atoms with E-state index in [0.717, 1.165) is 5.56 Å². The molecule has 2 N–H and O–H groups in total. The van der Waals surface area contributed by atoms with E-state index in [1.165, 1.54) is 12.1 Å². The second kappa shape index (κ2) is 5.07. The van der Waals surface area contributed by atoms with Gasteiger partial charge in [0.15, 0.2) is 0 Å². The zero-order chi connectivity index (χ0) is 13.1. The topological polar surface area (TPSA) is 49.3 Å². The lowest BCUT2D eigenvalue weighted by Crippen LogP contribution is -2.27. The zero-order valence-corrected chi connectivity index (χ0v) is 9.14. The number of alkyl halides is 3. The summed E-state index contributed by atoms with van der Waals surface area (Å²) in [5, 5.41) is 11.5. The third-order valence-electron chi connectivity index (χ3n) is 2.09. The Balaban J connectivity index is 2.59. The fourth-order valence-corrected chi connectivity index (χ4v) is 1.25. The number of phenolic OH excluding ortho intramolecular Hbond substituents is 1. The number of halogens is 3. The fourth-order valence-electron chi connectivity index (χ4n) is 1.25. The SMILES string of the molecule is Cc1ccc(C(=O)NCCC(F)(F)F)c(O)c1. The molecule has 0 spiro atoms. The molecule has 0 atom stereocenters. The molecule has 0 heterocycles. The van der Waals surface area contributed by atoms with Crippen LogP contribution in [0, 0.1) is 6.92 Å². The van der Waals surface area contributed by atoms with Gasteiger partial charge in [-0.25, -0.2) is 0 Å². The molecule has 94 valence electrons. The van der Waals surface area contributed by atoms with Crippen molar-refractivity contribution in [2.75, 3.05) is 6.54 Å². The van der Waals surface area contributed by atoms with Gasteiger partial charge in [-0.15, -0.1) is 0 Å². The average molecular weight is 247 g/mol. The second-order valence-electron chi connectivity index (χ2n) is 3.64. The lowest BCUT2D eigenvalue weighted by Gasteiger charge is -2.09. The van der Waals surface area contributed by atoms with Crippen LogP contribution in [-0.2, 0) is 0 Å². The Bertz CT molecular complexity index is 416. The number of carbonyl (C=O) groups is 1. The molecule has 0 fully saturated rings. The Morgan fingerprint density at radius 3 is 2.59 bits per heavy atom. The molecule has 0 aromatic heterocycles. The van der Waals surface area contributed by atoms with Gasteiger partial charge in [-0.2, -0.15) is 13.2 Å². The normalized spacial score (nSPS) is 11.3. The van der Waals surface area contributed by atoms with Crippen molar-refractivity contribution in [2.24, 2.45) is 0 Å². The molecule has 1 aromatic rings. The Labute approximate surface area is 96.3 Å². The molecule has 0 saturated heterocycles. The maximum absolute atomic E-state index is 11.8. The largest absolute Gasteiger partial charge is 0.507 e. The minimum atomic E-state index is -4.30. The quantitative estimate of drug-likeness (QED) is 0.861.